The first-order valence-electron chi connectivity index (χ1n) is 21.5. The van der Waals surface area contributed by atoms with Crippen molar-refractivity contribution in [3.8, 4) is 34.2 Å². The van der Waals surface area contributed by atoms with Crippen molar-refractivity contribution in [1.82, 2.24) is 15.0 Å². The minimum absolute atomic E-state index is 0.636. The Kier molecular flexibility index (Phi) is 10.9. The molecule has 0 saturated heterocycles. The van der Waals surface area contributed by atoms with Crippen LogP contribution in [0.25, 0.3) is 34.2 Å². The molecule has 0 unspecified atom stereocenters. The molecule has 1 heterocycles. The lowest BCUT2D eigenvalue weighted by Gasteiger charge is -2.34. The van der Waals surface area contributed by atoms with Gasteiger partial charge in [0, 0.05) is 16.7 Å². The lowest BCUT2D eigenvalue weighted by Crippen LogP contribution is -2.74. The van der Waals surface area contributed by atoms with E-state index in [1.54, 1.807) is 0 Å². The van der Waals surface area contributed by atoms with E-state index in [4.69, 9.17) is 15.0 Å². The molecule has 3 nitrogen and oxygen atoms in total. The van der Waals surface area contributed by atoms with Crippen molar-refractivity contribution < 1.29 is 0 Å². The van der Waals surface area contributed by atoms with Crippen LogP contribution < -0.4 is 41.5 Å². The van der Waals surface area contributed by atoms with E-state index in [0.717, 1.165) is 16.7 Å². The van der Waals surface area contributed by atoms with Crippen molar-refractivity contribution in [3.05, 3.63) is 260 Å². The van der Waals surface area contributed by atoms with Crippen molar-refractivity contribution in [3.63, 3.8) is 0 Å². The number of hydrogen-bond donors (Lipinski definition) is 0. The van der Waals surface area contributed by atoms with E-state index in [9.17, 15) is 0 Å². The van der Waals surface area contributed by atoms with Crippen LogP contribution >= 0.6 is 0 Å². The van der Waals surface area contributed by atoms with Crippen LogP contribution in [0.5, 0.6) is 0 Å². The summed E-state index contributed by atoms with van der Waals surface area (Å²) in [6, 6.07) is 92.5. The molecule has 0 saturated carbocycles. The molecule has 0 bridgehead atoms. The Bertz CT molecular complexity index is 2960. The molecule has 0 aliphatic rings. The molecule has 0 radical (unpaired) electrons. The predicted molar refractivity (Wildman–Crippen MR) is 268 cm³/mol. The fraction of sp³-hybridized carbons (Fsp3) is 0.0172. The normalized spacial score (nSPS) is 11.6. The Hall–Kier alpha value is -7.58. The summed E-state index contributed by atoms with van der Waals surface area (Å²) in [4.78, 5) is 15.9. The molecule has 0 N–H and O–H groups in total. The van der Waals surface area contributed by atoms with Gasteiger partial charge in [-0.2, -0.15) is 0 Å². The van der Waals surface area contributed by atoms with Crippen molar-refractivity contribution in [2.75, 3.05) is 0 Å². The highest BCUT2D eigenvalue weighted by Crippen LogP contribution is 2.25. The number of benzene rings is 9. The van der Waals surface area contributed by atoms with Crippen molar-refractivity contribution in [1.29, 1.82) is 0 Å². The molecular weight excluding hydrogens is 795 g/mol. The minimum atomic E-state index is -2.83. The molecule has 0 atom stereocenters. The van der Waals surface area contributed by atoms with Crippen LogP contribution in [0.4, 0.5) is 0 Å². The number of hydrogen-bond acceptors (Lipinski definition) is 3. The lowest BCUT2D eigenvalue weighted by atomic mass is 10.1. The Labute approximate surface area is 372 Å². The van der Waals surface area contributed by atoms with Gasteiger partial charge in [0.2, 0.25) is 0 Å². The average molecular weight is 840 g/mol. The van der Waals surface area contributed by atoms with Gasteiger partial charge in [0.05, 0.1) is 0 Å². The molecule has 0 aliphatic carbocycles. The summed E-state index contributed by atoms with van der Waals surface area (Å²) in [5.74, 6) is 1.91. The smallest absolute Gasteiger partial charge is 0.179 e. The standard InChI is InChI=1S/C58H45N3Si2/c1-44-38-40-53(41-39-44)63(51-32-16-6-17-33-51,52-34-18-7-19-35-52)55-37-21-25-47(43-55)58-60-56(45-22-8-2-9-23-45)59-57(61-58)46-24-20-36-54(42-46)62(48-26-10-3-11-27-48,49-28-12-4-13-29-49)50-30-14-5-15-31-50/h2-43H,1H3. The largest absolute Gasteiger partial charge is 0.208 e. The number of rotatable bonds is 11. The van der Waals surface area contributed by atoms with E-state index >= 15 is 0 Å². The Balaban J connectivity index is 1.20. The summed E-state index contributed by atoms with van der Waals surface area (Å²) >= 11 is 0. The molecule has 1 aromatic heterocycles. The molecule has 0 fully saturated rings. The Morgan fingerprint density at radius 3 is 0.825 bits per heavy atom. The highest BCUT2D eigenvalue weighted by Gasteiger charge is 2.43. The molecule has 0 spiro atoms. The monoisotopic (exact) mass is 839 g/mol. The van der Waals surface area contributed by atoms with E-state index in [1.807, 2.05) is 18.2 Å². The summed E-state index contributed by atoms with van der Waals surface area (Å²) in [6.07, 6.45) is 0. The topological polar surface area (TPSA) is 38.7 Å². The van der Waals surface area contributed by atoms with Crippen LogP contribution in [-0.4, -0.2) is 31.1 Å². The molecule has 9 aromatic carbocycles. The number of aryl methyl sites for hydroxylation is 1. The van der Waals surface area contributed by atoms with E-state index in [1.165, 1.54) is 47.1 Å². The molecule has 10 aromatic rings. The van der Waals surface area contributed by atoms with Crippen molar-refractivity contribution in [2.45, 2.75) is 6.92 Å². The highest BCUT2D eigenvalue weighted by molar-refractivity contribution is 7.20. The summed E-state index contributed by atoms with van der Waals surface area (Å²) in [6.45, 7) is 2.16. The summed E-state index contributed by atoms with van der Waals surface area (Å²) < 4.78 is 0. The van der Waals surface area contributed by atoms with Crippen molar-refractivity contribution >= 4 is 57.6 Å². The number of aromatic nitrogens is 3. The quantitative estimate of drug-likeness (QED) is 0.0982. The van der Waals surface area contributed by atoms with E-state index in [2.05, 4.69) is 244 Å². The fourth-order valence-corrected chi connectivity index (χ4v) is 18.9. The van der Waals surface area contributed by atoms with E-state index < -0.39 is 16.1 Å². The van der Waals surface area contributed by atoms with Gasteiger partial charge in [0.15, 0.2) is 33.6 Å². The van der Waals surface area contributed by atoms with Gasteiger partial charge >= 0.3 is 0 Å². The first-order chi connectivity index (χ1) is 31.1. The van der Waals surface area contributed by atoms with Crippen molar-refractivity contribution in [2.24, 2.45) is 0 Å². The van der Waals surface area contributed by atoms with Gasteiger partial charge in [0.25, 0.3) is 0 Å². The molecule has 0 aliphatic heterocycles. The van der Waals surface area contributed by atoms with E-state index in [-0.39, 0.29) is 0 Å². The van der Waals surface area contributed by atoms with Crippen LogP contribution in [0, 0.1) is 6.92 Å². The van der Waals surface area contributed by atoms with Gasteiger partial charge in [0.1, 0.15) is 0 Å². The minimum Gasteiger partial charge on any atom is -0.208 e. The van der Waals surface area contributed by atoms with Gasteiger partial charge in [-0.15, -0.1) is 0 Å². The summed E-state index contributed by atoms with van der Waals surface area (Å²) in [5.41, 5.74) is 4.07. The van der Waals surface area contributed by atoms with Crippen LogP contribution in [0.3, 0.4) is 0 Å². The molecular formula is C58H45N3Si2. The molecule has 300 valence electrons. The second-order valence-corrected chi connectivity index (χ2v) is 23.6. The Morgan fingerprint density at radius 2 is 0.492 bits per heavy atom. The lowest BCUT2D eigenvalue weighted by molar-refractivity contribution is 1.07. The molecule has 63 heavy (non-hydrogen) atoms. The van der Waals surface area contributed by atoms with Crippen LogP contribution in [-0.2, 0) is 0 Å². The molecule has 10 rings (SSSR count). The van der Waals surface area contributed by atoms with Gasteiger partial charge in [-0.05, 0) is 48.4 Å². The highest BCUT2D eigenvalue weighted by atomic mass is 28.3. The second-order valence-electron chi connectivity index (χ2n) is 16.0. The van der Waals surface area contributed by atoms with Gasteiger partial charge in [-0.25, -0.2) is 15.0 Å². The third-order valence-corrected chi connectivity index (χ3v) is 21.8. The van der Waals surface area contributed by atoms with Gasteiger partial charge < -0.3 is 0 Å². The third-order valence-electron chi connectivity index (χ3n) is 12.3. The SMILES string of the molecule is Cc1ccc([Si](c2ccccc2)(c2ccccc2)c2cccc(-c3nc(-c4ccccc4)nc(-c4cccc([Si](c5ccccc5)(c5ccccc5)c5ccccc5)c4)n3)c2)cc1. The third kappa shape index (κ3) is 7.37. The zero-order valence-electron chi connectivity index (χ0n) is 35.1. The second kappa shape index (κ2) is 17.4. The molecule has 0 amide bonds. The van der Waals surface area contributed by atoms with Crippen LogP contribution in [0.1, 0.15) is 5.56 Å². The molecule has 5 heteroatoms. The maximum absolute atomic E-state index is 5.40. The first kappa shape index (κ1) is 39.6. The average Bonchev–Trinajstić information content (AvgIpc) is 3.37. The van der Waals surface area contributed by atoms with E-state index in [0.29, 0.717) is 17.5 Å². The zero-order valence-corrected chi connectivity index (χ0v) is 37.1. The van der Waals surface area contributed by atoms with Crippen LogP contribution in [0.15, 0.2) is 255 Å². The predicted octanol–water partition coefficient (Wildman–Crippen LogP) is 7.94. The van der Waals surface area contributed by atoms with Gasteiger partial charge in [-0.3, -0.25) is 0 Å². The summed E-state index contributed by atoms with van der Waals surface area (Å²) in [7, 11) is -5.65. The maximum Gasteiger partial charge on any atom is 0.179 e. The Morgan fingerprint density at radius 1 is 0.238 bits per heavy atom. The fourth-order valence-electron chi connectivity index (χ4n) is 9.38. The zero-order chi connectivity index (χ0) is 42.5. The summed E-state index contributed by atoms with van der Waals surface area (Å²) in [5, 5.41) is 10.4. The van der Waals surface area contributed by atoms with Crippen LogP contribution in [0.2, 0.25) is 0 Å². The van der Waals surface area contributed by atoms with Gasteiger partial charge in [-0.1, -0.05) is 260 Å². The maximum atomic E-state index is 5.40. The first-order valence-corrected chi connectivity index (χ1v) is 25.5. The number of nitrogens with zero attached hydrogens (tertiary/aromatic N) is 3.